The molecule has 3 N–H and O–H groups in total. The number of thioether (sulfide) groups is 1. The van der Waals surface area contributed by atoms with Crippen molar-refractivity contribution in [1.29, 1.82) is 0 Å². The van der Waals surface area contributed by atoms with Crippen molar-refractivity contribution in [3.63, 3.8) is 0 Å². The minimum atomic E-state index is -1.57. The number of aliphatic carboxylic acids is 1. The monoisotopic (exact) mass is 454 g/mol. The molecule has 0 radical (unpaired) electrons. The fraction of sp³-hybridized carbons (Fsp3) is 0.375. The number of amides is 2. The first-order chi connectivity index (χ1) is 14.2. The Morgan fingerprint density at radius 3 is 2.77 bits per heavy atom. The van der Waals surface area contributed by atoms with Crippen LogP contribution in [0.4, 0.5) is 5.13 Å². The molecular formula is C16H16N5O7S2-. The number of anilines is 1. The summed E-state index contributed by atoms with van der Waals surface area (Å²) >= 11 is 2.23. The molecule has 2 aliphatic heterocycles. The van der Waals surface area contributed by atoms with E-state index in [9.17, 15) is 24.3 Å². The number of hydrogen-bond donors (Lipinski definition) is 2. The molecular weight excluding hydrogens is 438 g/mol. The number of carbonyl (C=O) groups excluding carboxylic acids is 4. The van der Waals surface area contributed by atoms with E-state index in [-0.39, 0.29) is 34.5 Å². The maximum Gasteiger partial charge on any atom is 0.302 e. The second-order valence-electron chi connectivity index (χ2n) is 6.07. The highest BCUT2D eigenvalue weighted by Gasteiger charge is 2.53. The van der Waals surface area contributed by atoms with Crippen LogP contribution in [-0.2, 0) is 28.8 Å². The number of hydrogen-bond acceptors (Lipinski definition) is 12. The molecule has 0 unspecified atom stereocenters. The van der Waals surface area contributed by atoms with Crippen molar-refractivity contribution in [2.24, 2.45) is 5.16 Å². The van der Waals surface area contributed by atoms with Gasteiger partial charge in [0, 0.05) is 24.4 Å². The number of nitrogens with two attached hydrogens (primary N) is 1. The summed E-state index contributed by atoms with van der Waals surface area (Å²) in [6, 6.07) is -0.987. The van der Waals surface area contributed by atoms with E-state index in [4.69, 9.17) is 15.3 Å². The summed E-state index contributed by atoms with van der Waals surface area (Å²) in [6.45, 7) is 0.922. The van der Waals surface area contributed by atoms with Gasteiger partial charge in [-0.1, -0.05) is 16.5 Å². The van der Waals surface area contributed by atoms with Gasteiger partial charge in [-0.3, -0.25) is 19.3 Å². The highest BCUT2D eigenvalue weighted by Crippen LogP contribution is 2.40. The number of oxime groups is 1. The van der Waals surface area contributed by atoms with Crippen LogP contribution in [-0.4, -0.2) is 70.2 Å². The second kappa shape index (κ2) is 8.71. The van der Waals surface area contributed by atoms with E-state index in [1.165, 1.54) is 32.0 Å². The van der Waals surface area contributed by atoms with Gasteiger partial charge in [0.1, 0.15) is 25.1 Å². The average Bonchev–Trinajstić information content (AvgIpc) is 3.13. The zero-order chi connectivity index (χ0) is 22.0. The maximum atomic E-state index is 12.7. The third kappa shape index (κ3) is 4.09. The SMILES string of the molecule is CO/N=C(\C(=O)N[C@@H]1C(=O)N2C(C(=O)[O-])=C(COC(C)=O)CS[C@H]12)c1cnc(N)s1. The minimum Gasteiger partial charge on any atom is -0.543 e. The maximum absolute atomic E-state index is 12.7. The Morgan fingerprint density at radius 1 is 1.47 bits per heavy atom. The third-order valence-corrected chi connectivity index (χ3v) is 6.30. The fourth-order valence-electron chi connectivity index (χ4n) is 2.87. The highest BCUT2D eigenvalue weighted by atomic mass is 32.2. The minimum absolute atomic E-state index is 0.120. The molecule has 12 nitrogen and oxygen atoms in total. The van der Waals surface area contributed by atoms with Crippen LogP contribution < -0.4 is 16.2 Å². The molecule has 2 atom stereocenters. The van der Waals surface area contributed by atoms with Gasteiger partial charge < -0.3 is 30.5 Å². The van der Waals surface area contributed by atoms with Crippen molar-refractivity contribution in [3.8, 4) is 0 Å². The number of carbonyl (C=O) groups is 4. The summed E-state index contributed by atoms with van der Waals surface area (Å²) in [6.07, 6.45) is 1.35. The first-order valence-corrected chi connectivity index (χ1v) is 10.3. The summed E-state index contributed by atoms with van der Waals surface area (Å²) in [4.78, 5) is 57.8. The van der Waals surface area contributed by atoms with Gasteiger partial charge in [-0.15, -0.1) is 11.8 Å². The van der Waals surface area contributed by atoms with Crippen LogP contribution >= 0.6 is 23.1 Å². The molecule has 1 aromatic heterocycles. The number of thiazole rings is 1. The van der Waals surface area contributed by atoms with Crippen molar-refractivity contribution < 1.29 is 33.9 Å². The zero-order valence-corrected chi connectivity index (χ0v) is 17.4. The smallest absolute Gasteiger partial charge is 0.302 e. The molecule has 1 aromatic rings. The number of fused-ring (bicyclic) bond motifs is 1. The van der Waals surface area contributed by atoms with Gasteiger partial charge in [-0.2, -0.15) is 0 Å². The van der Waals surface area contributed by atoms with Crippen LogP contribution in [0.15, 0.2) is 22.6 Å². The summed E-state index contributed by atoms with van der Waals surface area (Å²) in [5.74, 6) is -3.31. The first kappa shape index (κ1) is 21.6. The van der Waals surface area contributed by atoms with E-state index < -0.39 is 35.2 Å². The van der Waals surface area contributed by atoms with Crippen molar-refractivity contribution in [2.75, 3.05) is 25.2 Å². The lowest BCUT2D eigenvalue weighted by Crippen LogP contribution is -2.71. The molecule has 0 aliphatic carbocycles. The number of nitrogen functional groups attached to an aromatic ring is 1. The molecule has 0 saturated carbocycles. The van der Waals surface area contributed by atoms with E-state index in [1.807, 2.05) is 0 Å². The predicted molar refractivity (Wildman–Crippen MR) is 104 cm³/mol. The van der Waals surface area contributed by atoms with Crippen LogP contribution in [0.25, 0.3) is 0 Å². The molecule has 0 aromatic carbocycles. The molecule has 3 rings (SSSR count). The van der Waals surface area contributed by atoms with Crippen LogP contribution in [0.2, 0.25) is 0 Å². The molecule has 0 bridgehead atoms. The number of aromatic nitrogens is 1. The Morgan fingerprint density at radius 2 is 2.20 bits per heavy atom. The Hall–Kier alpha value is -3.13. The number of ether oxygens (including phenoxy) is 1. The first-order valence-electron chi connectivity index (χ1n) is 8.39. The van der Waals surface area contributed by atoms with Crippen molar-refractivity contribution >= 4 is 57.7 Å². The summed E-state index contributed by atoms with van der Waals surface area (Å²) in [5.41, 5.74) is 5.35. The lowest BCUT2D eigenvalue weighted by molar-refractivity contribution is -0.301. The molecule has 3 heterocycles. The quantitative estimate of drug-likeness (QED) is 0.204. The van der Waals surface area contributed by atoms with E-state index in [0.29, 0.717) is 4.88 Å². The van der Waals surface area contributed by atoms with Crippen molar-refractivity contribution in [3.05, 3.63) is 22.3 Å². The Kier molecular flexibility index (Phi) is 6.26. The Labute approximate surface area is 178 Å². The second-order valence-corrected chi connectivity index (χ2v) is 8.23. The molecule has 160 valence electrons. The van der Waals surface area contributed by atoms with Gasteiger partial charge in [0.05, 0.1) is 16.5 Å². The molecule has 14 heteroatoms. The number of carboxylic acids is 1. The lowest BCUT2D eigenvalue weighted by atomic mass is 10.0. The van der Waals surface area contributed by atoms with E-state index in [2.05, 4.69) is 15.5 Å². The van der Waals surface area contributed by atoms with Crippen molar-refractivity contribution in [2.45, 2.75) is 18.3 Å². The average molecular weight is 454 g/mol. The number of carboxylic acid groups (broad SMARTS) is 1. The van der Waals surface area contributed by atoms with Crippen LogP contribution in [0.5, 0.6) is 0 Å². The number of β-lactam (4-membered cyclic amide) rings is 1. The lowest BCUT2D eigenvalue weighted by Gasteiger charge is -2.50. The normalized spacial score (nSPS) is 20.9. The predicted octanol–water partition coefficient (Wildman–Crippen LogP) is -1.96. The van der Waals surface area contributed by atoms with Crippen LogP contribution in [0, 0.1) is 0 Å². The number of rotatable bonds is 7. The number of nitrogens with one attached hydrogen (secondary N) is 1. The summed E-state index contributed by atoms with van der Waals surface area (Å²) < 4.78 is 4.85. The van der Waals surface area contributed by atoms with Gasteiger partial charge >= 0.3 is 5.97 Å². The topological polar surface area (TPSA) is 176 Å². The summed E-state index contributed by atoms with van der Waals surface area (Å²) in [7, 11) is 1.26. The zero-order valence-electron chi connectivity index (χ0n) is 15.7. The fourth-order valence-corrected chi connectivity index (χ4v) is 4.86. The Bertz CT molecular complexity index is 973. The highest BCUT2D eigenvalue weighted by molar-refractivity contribution is 8.00. The largest absolute Gasteiger partial charge is 0.543 e. The molecule has 30 heavy (non-hydrogen) atoms. The van der Waals surface area contributed by atoms with Gasteiger partial charge in [-0.05, 0) is 0 Å². The standard InChI is InChI=1S/C16H17N5O7S2/c1-6(22)28-4-7-5-29-14-10(13(24)21(14)11(7)15(25)26)19-12(23)9(20-27-2)8-3-18-16(17)30-8/h3,10,14H,4-5H2,1-2H3,(H2,17,18)(H,19,23)(H,25,26)/p-1/b20-9-/t10-,14-/m1/s1. The Balaban J connectivity index is 1.77. The van der Waals surface area contributed by atoms with Gasteiger partial charge in [0.2, 0.25) is 0 Å². The van der Waals surface area contributed by atoms with E-state index in [1.54, 1.807) is 0 Å². The molecule has 1 fully saturated rings. The molecule has 1 saturated heterocycles. The van der Waals surface area contributed by atoms with Gasteiger partial charge in [0.25, 0.3) is 11.8 Å². The molecule has 2 amide bonds. The van der Waals surface area contributed by atoms with Crippen molar-refractivity contribution in [1.82, 2.24) is 15.2 Å². The van der Waals surface area contributed by atoms with E-state index in [0.717, 1.165) is 16.2 Å². The van der Waals surface area contributed by atoms with Gasteiger partial charge in [0.15, 0.2) is 10.8 Å². The number of nitrogens with zero attached hydrogens (tertiary/aromatic N) is 3. The summed E-state index contributed by atoms with van der Waals surface area (Å²) in [5, 5.41) is 17.4. The van der Waals surface area contributed by atoms with Crippen LogP contribution in [0.1, 0.15) is 11.8 Å². The van der Waals surface area contributed by atoms with Gasteiger partial charge in [-0.25, -0.2) is 4.98 Å². The molecule has 2 aliphatic rings. The van der Waals surface area contributed by atoms with E-state index >= 15 is 0 Å². The van der Waals surface area contributed by atoms with Crippen LogP contribution in [0.3, 0.4) is 0 Å². The third-order valence-electron chi connectivity index (χ3n) is 4.13. The molecule has 0 spiro atoms. The number of esters is 1.